The van der Waals surface area contributed by atoms with Gasteiger partial charge < -0.3 is 0 Å². The van der Waals surface area contributed by atoms with Gasteiger partial charge in [-0.15, -0.1) is 5.10 Å². The standard InChI is InChI=1S/C14H12N4/c1-2-6-12(7-3-1)10-18-11-14(16-17-18)13-8-4-5-9-15-13/h1-9,11H,10H2. The van der Waals surface area contributed by atoms with Crippen molar-refractivity contribution in [2.24, 2.45) is 0 Å². The van der Waals surface area contributed by atoms with Crippen molar-refractivity contribution in [1.29, 1.82) is 0 Å². The highest BCUT2D eigenvalue weighted by Crippen LogP contribution is 2.12. The number of pyridine rings is 1. The molecule has 0 radical (unpaired) electrons. The minimum Gasteiger partial charge on any atom is -0.254 e. The van der Waals surface area contributed by atoms with E-state index in [2.05, 4.69) is 27.4 Å². The van der Waals surface area contributed by atoms with Gasteiger partial charge in [-0.3, -0.25) is 4.98 Å². The molecule has 0 bridgehead atoms. The summed E-state index contributed by atoms with van der Waals surface area (Å²) < 4.78 is 1.82. The minimum absolute atomic E-state index is 0.723. The zero-order valence-corrected chi connectivity index (χ0v) is 9.77. The van der Waals surface area contributed by atoms with E-state index in [9.17, 15) is 0 Å². The fraction of sp³-hybridized carbons (Fsp3) is 0.0714. The predicted octanol–water partition coefficient (Wildman–Crippen LogP) is 2.39. The van der Waals surface area contributed by atoms with Gasteiger partial charge in [0.25, 0.3) is 0 Å². The second kappa shape index (κ2) is 4.79. The van der Waals surface area contributed by atoms with Crippen LogP contribution >= 0.6 is 0 Å². The highest BCUT2D eigenvalue weighted by Gasteiger charge is 2.04. The number of aromatic nitrogens is 4. The molecule has 0 atom stereocenters. The topological polar surface area (TPSA) is 43.6 Å². The highest BCUT2D eigenvalue weighted by atomic mass is 15.4. The van der Waals surface area contributed by atoms with E-state index in [-0.39, 0.29) is 0 Å². The van der Waals surface area contributed by atoms with Crippen LogP contribution < -0.4 is 0 Å². The summed E-state index contributed by atoms with van der Waals surface area (Å²) in [6, 6.07) is 15.9. The van der Waals surface area contributed by atoms with Crippen molar-refractivity contribution < 1.29 is 0 Å². The van der Waals surface area contributed by atoms with Crippen LogP contribution in [-0.4, -0.2) is 20.0 Å². The van der Waals surface area contributed by atoms with E-state index in [0.717, 1.165) is 17.9 Å². The summed E-state index contributed by atoms with van der Waals surface area (Å²) >= 11 is 0. The molecule has 3 aromatic rings. The molecule has 88 valence electrons. The molecule has 4 nitrogen and oxygen atoms in total. The van der Waals surface area contributed by atoms with Crippen LogP contribution in [0.1, 0.15) is 5.56 Å². The van der Waals surface area contributed by atoms with Crippen LogP contribution in [0.2, 0.25) is 0 Å². The molecular weight excluding hydrogens is 224 g/mol. The fourth-order valence-electron chi connectivity index (χ4n) is 1.78. The molecular formula is C14H12N4. The van der Waals surface area contributed by atoms with E-state index >= 15 is 0 Å². The van der Waals surface area contributed by atoms with Crippen LogP contribution in [0.3, 0.4) is 0 Å². The van der Waals surface area contributed by atoms with E-state index in [0.29, 0.717) is 0 Å². The summed E-state index contributed by atoms with van der Waals surface area (Å²) in [5, 5.41) is 8.25. The van der Waals surface area contributed by atoms with E-state index in [1.807, 2.05) is 47.3 Å². The Kier molecular flexibility index (Phi) is 2.84. The molecule has 0 saturated carbocycles. The Morgan fingerprint density at radius 3 is 2.50 bits per heavy atom. The Morgan fingerprint density at radius 2 is 1.72 bits per heavy atom. The summed E-state index contributed by atoms with van der Waals surface area (Å²) in [5.41, 5.74) is 2.85. The number of hydrogen-bond donors (Lipinski definition) is 0. The molecule has 0 saturated heterocycles. The number of benzene rings is 1. The second-order valence-corrected chi connectivity index (χ2v) is 4.00. The highest BCUT2D eigenvalue weighted by molar-refractivity contribution is 5.51. The van der Waals surface area contributed by atoms with Crippen molar-refractivity contribution in [3.63, 3.8) is 0 Å². The molecule has 0 amide bonds. The monoisotopic (exact) mass is 236 g/mol. The lowest BCUT2D eigenvalue weighted by atomic mass is 10.2. The number of nitrogens with zero attached hydrogens (tertiary/aromatic N) is 4. The third-order valence-corrected chi connectivity index (χ3v) is 2.65. The van der Waals surface area contributed by atoms with E-state index < -0.39 is 0 Å². The third-order valence-electron chi connectivity index (χ3n) is 2.65. The fourth-order valence-corrected chi connectivity index (χ4v) is 1.78. The maximum atomic E-state index is 4.25. The lowest BCUT2D eigenvalue weighted by Gasteiger charge is -1.99. The van der Waals surface area contributed by atoms with Gasteiger partial charge >= 0.3 is 0 Å². The van der Waals surface area contributed by atoms with Gasteiger partial charge in [-0.05, 0) is 17.7 Å². The van der Waals surface area contributed by atoms with Crippen molar-refractivity contribution in [1.82, 2.24) is 20.0 Å². The van der Waals surface area contributed by atoms with Crippen LogP contribution in [-0.2, 0) is 6.54 Å². The molecule has 0 aliphatic rings. The van der Waals surface area contributed by atoms with E-state index in [1.54, 1.807) is 6.20 Å². The zero-order valence-electron chi connectivity index (χ0n) is 9.77. The van der Waals surface area contributed by atoms with Gasteiger partial charge in [-0.25, -0.2) is 4.68 Å². The molecule has 2 aromatic heterocycles. The Hall–Kier alpha value is -2.49. The molecule has 0 spiro atoms. The Bertz CT molecular complexity index is 617. The molecule has 0 N–H and O–H groups in total. The maximum Gasteiger partial charge on any atom is 0.131 e. The zero-order chi connectivity index (χ0) is 12.2. The van der Waals surface area contributed by atoms with Gasteiger partial charge in [0.1, 0.15) is 5.69 Å². The van der Waals surface area contributed by atoms with Crippen molar-refractivity contribution in [2.75, 3.05) is 0 Å². The minimum atomic E-state index is 0.723. The summed E-state index contributed by atoms with van der Waals surface area (Å²) in [6.45, 7) is 0.723. The molecule has 18 heavy (non-hydrogen) atoms. The lowest BCUT2D eigenvalue weighted by Crippen LogP contribution is -1.99. The van der Waals surface area contributed by atoms with Crippen molar-refractivity contribution in [3.05, 3.63) is 66.5 Å². The average Bonchev–Trinajstić information content (AvgIpc) is 2.89. The summed E-state index contributed by atoms with van der Waals surface area (Å²) in [7, 11) is 0. The first kappa shape index (κ1) is 10.7. The van der Waals surface area contributed by atoms with Gasteiger partial charge in [0.2, 0.25) is 0 Å². The SMILES string of the molecule is c1ccc(Cn2cc(-c3ccccn3)nn2)cc1. The maximum absolute atomic E-state index is 4.25. The first-order valence-electron chi connectivity index (χ1n) is 5.77. The normalized spacial score (nSPS) is 10.4. The molecule has 0 aliphatic heterocycles. The molecule has 3 rings (SSSR count). The molecule has 0 aliphatic carbocycles. The summed E-state index contributed by atoms with van der Waals surface area (Å²) in [5.74, 6) is 0. The van der Waals surface area contributed by atoms with Gasteiger partial charge in [-0.2, -0.15) is 0 Å². The average molecular weight is 236 g/mol. The van der Waals surface area contributed by atoms with Crippen LogP contribution in [0, 0.1) is 0 Å². The first-order chi connectivity index (χ1) is 8.92. The largest absolute Gasteiger partial charge is 0.254 e. The van der Waals surface area contributed by atoms with Crippen molar-refractivity contribution in [3.8, 4) is 11.4 Å². The number of hydrogen-bond acceptors (Lipinski definition) is 3. The van der Waals surface area contributed by atoms with Crippen molar-refractivity contribution in [2.45, 2.75) is 6.54 Å². The lowest BCUT2D eigenvalue weighted by molar-refractivity contribution is 0.650. The summed E-state index contributed by atoms with van der Waals surface area (Å²) in [6.07, 6.45) is 3.67. The van der Waals surface area contributed by atoms with Gasteiger partial charge in [0.15, 0.2) is 0 Å². The predicted molar refractivity (Wildman–Crippen MR) is 68.8 cm³/mol. The third kappa shape index (κ3) is 2.27. The van der Waals surface area contributed by atoms with Crippen LogP contribution in [0.25, 0.3) is 11.4 Å². The molecule has 4 heteroatoms. The van der Waals surface area contributed by atoms with Gasteiger partial charge in [0, 0.05) is 6.20 Å². The quantitative estimate of drug-likeness (QED) is 0.701. The van der Waals surface area contributed by atoms with Crippen molar-refractivity contribution >= 4 is 0 Å². The van der Waals surface area contributed by atoms with E-state index in [1.165, 1.54) is 5.56 Å². The summed E-state index contributed by atoms with van der Waals surface area (Å²) in [4.78, 5) is 4.25. The van der Waals surface area contributed by atoms with E-state index in [4.69, 9.17) is 0 Å². The molecule has 2 heterocycles. The number of rotatable bonds is 3. The van der Waals surface area contributed by atoms with Crippen LogP contribution in [0.4, 0.5) is 0 Å². The Morgan fingerprint density at radius 1 is 0.889 bits per heavy atom. The Balaban J connectivity index is 1.82. The first-order valence-corrected chi connectivity index (χ1v) is 5.77. The second-order valence-electron chi connectivity index (χ2n) is 4.00. The van der Waals surface area contributed by atoms with Gasteiger partial charge in [-0.1, -0.05) is 41.6 Å². The Labute approximate surface area is 105 Å². The van der Waals surface area contributed by atoms with Gasteiger partial charge in [0.05, 0.1) is 18.4 Å². The molecule has 1 aromatic carbocycles. The van der Waals surface area contributed by atoms with Crippen LogP contribution in [0.15, 0.2) is 60.9 Å². The van der Waals surface area contributed by atoms with Crippen LogP contribution in [0.5, 0.6) is 0 Å². The smallest absolute Gasteiger partial charge is 0.131 e. The molecule has 0 fully saturated rings. The molecule has 0 unspecified atom stereocenters.